The average molecular weight is 573 g/mol. The zero-order valence-corrected chi connectivity index (χ0v) is 23.4. The predicted molar refractivity (Wildman–Crippen MR) is 153 cm³/mol. The number of ether oxygens (including phenoxy) is 1. The van der Waals surface area contributed by atoms with Crippen molar-refractivity contribution in [3.8, 4) is 17.2 Å². The number of amides is 3. The molecule has 212 valence electrons. The van der Waals surface area contributed by atoms with Crippen molar-refractivity contribution in [3.63, 3.8) is 0 Å². The molecule has 4 aliphatic rings. The van der Waals surface area contributed by atoms with E-state index in [1.54, 1.807) is 4.90 Å². The molecule has 1 saturated carbocycles. The van der Waals surface area contributed by atoms with Crippen LogP contribution in [0.4, 0.5) is 4.79 Å². The molecule has 2 aliphatic carbocycles. The third-order valence-corrected chi connectivity index (χ3v) is 10.1. The Kier molecular flexibility index (Phi) is 7.71. The van der Waals surface area contributed by atoms with Crippen LogP contribution in [-0.2, 0) is 19.1 Å². The molecule has 6 rings (SSSR count). The normalized spacial score (nSPS) is 25.6. The van der Waals surface area contributed by atoms with E-state index in [-0.39, 0.29) is 35.5 Å². The molecule has 41 heavy (non-hydrogen) atoms. The zero-order chi connectivity index (χ0) is 28.5. The monoisotopic (exact) mass is 572 g/mol. The number of hydrogen-bond acceptors (Lipinski definition) is 7. The highest BCUT2D eigenvalue weighted by Crippen LogP contribution is 2.44. The van der Waals surface area contributed by atoms with Crippen molar-refractivity contribution in [1.82, 2.24) is 15.5 Å². The Labute approximate surface area is 243 Å². The van der Waals surface area contributed by atoms with E-state index in [9.17, 15) is 24.4 Å². The van der Waals surface area contributed by atoms with Crippen molar-refractivity contribution in [2.45, 2.75) is 67.9 Å². The van der Waals surface area contributed by atoms with Crippen LogP contribution < -0.4 is 10.6 Å². The summed E-state index contributed by atoms with van der Waals surface area (Å²) in [5.41, 5.74) is 4.48. The minimum absolute atomic E-state index is 0.0877. The van der Waals surface area contributed by atoms with Crippen LogP contribution in [0.25, 0.3) is 11.1 Å². The molecule has 2 aromatic rings. The lowest BCUT2D eigenvalue weighted by Crippen LogP contribution is -2.59. The molecule has 3 amide bonds. The number of nitrogens with one attached hydrogen (secondary N) is 2. The number of ketones is 1. The summed E-state index contributed by atoms with van der Waals surface area (Å²) in [7, 11) is 0. The molecule has 0 unspecified atom stereocenters. The number of Topliss-reactive ketones (excluding diaryl/α,β-unsaturated/α-hetero) is 1. The van der Waals surface area contributed by atoms with Crippen molar-refractivity contribution >= 4 is 35.5 Å². The Bertz CT molecular complexity index is 1380. The summed E-state index contributed by atoms with van der Waals surface area (Å²) in [5, 5.41) is 14.9. The summed E-state index contributed by atoms with van der Waals surface area (Å²) in [5.74, 6) is -0.445. The van der Waals surface area contributed by atoms with Gasteiger partial charge in [-0.25, -0.2) is 4.79 Å². The van der Waals surface area contributed by atoms with E-state index in [1.807, 2.05) is 36.4 Å². The van der Waals surface area contributed by atoms with Gasteiger partial charge in [0.25, 0.3) is 0 Å². The fourth-order valence-corrected chi connectivity index (χ4v) is 8.08. The van der Waals surface area contributed by atoms with Gasteiger partial charge < -0.3 is 20.3 Å². The Morgan fingerprint density at radius 2 is 1.76 bits per heavy atom. The Hall–Kier alpha value is -3.84. The maximum atomic E-state index is 13.5. The fraction of sp³-hybridized carbons (Fsp3) is 0.452. The first kappa shape index (κ1) is 27.3. The Morgan fingerprint density at radius 1 is 1.05 bits per heavy atom. The minimum atomic E-state index is -0.793. The number of nitriles is 1. The van der Waals surface area contributed by atoms with Gasteiger partial charge >= 0.3 is 6.09 Å². The lowest BCUT2D eigenvalue weighted by atomic mass is 9.97. The lowest BCUT2D eigenvalue weighted by molar-refractivity contribution is -0.143. The van der Waals surface area contributed by atoms with Gasteiger partial charge in [-0.15, -0.1) is 11.8 Å². The fourth-order valence-electron chi connectivity index (χ4n) is 6.65. The summed E-state index contributed by atoms with van der Waals surface area (Å²) in [6.45, 7) is 0.146. The average Bonchev–Trinajstić information content (AvgIpc) is 3.69. The van der Waals surface area contributed by atoms with Gasteiger partial charge in [0.15, 0.2) is 0 Å². The van der Waals surface area contributed by atoms with E-state index >= 15 is 0 Å². The van der Waals surface area contributed by atoms with Gasteiger partial charge in [-0.1, -0.05) is 48.5 Å². The molecule has 5 atom stereocenters. The van der Waals surface area contributed by atoms with Crippen LogP contribution in [-0.4, -0.2) is 64.4 Å². The van der Waals surface area contributed by atoms with Crippen LogP contribution in [0, 0.1) is 17.2 Å². The predicted octanol–water partition coefficient (Wildman–Crippen LogP) is 3.73. The number of fused-ring (bicyclic) bond motifs is 4. The number of carbonyl (C=O) groups is 4. The molecule has 9 nitrogen and oxygen atoms in total. The van der Waals surface area contributed by atoms with Crippen LogP contribution in [0.15, 0.2) is 48.5 Å². The number of benzene rings is 2. The van der Waals surface area contributed by atoms with Crippen LogP contribution in [0.5, 0.6) is 0 Å². The number of alkyl carbamates (subject to hydrolysis) is 1. The topological polar surface area (TPSA) is 129 Å². The molecule has 2 aromatic carbocycles. The Balaban J connectivity index is 1.06. The van der Waals surface area contributed by atoms with Gasteiger partial charge in [-0.2, -0.15) is 5.26 Å². The maximum Gasteiger partial charge on any atom is 0.407 e. The number of piperidine rings is 1. The van der Waals surface area contributed by atoms with Crippen molar-refractivity contribution in [3.05, 3.63) is 59.7 Å². The minimum Gasteiger partial charge on any atom is -0.449 e. The highest BCUT2D eigenvalue weighted by atomic mass is 32.2. The summed E-state index contributed by atoms with van der Waals surface area (Å²) in [6, 6.07) is 16.0. The number of carbonyl (C=O) groups excluding carboxylic acids is 4. The van der Waals surface area contributed by atoms with Gasteiger partial charge in [0.2, 0.25) is 11.8 Å². The molecule has 0 radical (unpaired) electrons. The highest BCUT2D eigenvalue weighted by molar-refractivity contribution is 8.00. The number of rotatable bonds is 7. The van der Waals surface area contributed by atoms with Crippen molar-refractivity contribution in [2.24, 2.45) is 5.92 Å². The largest absolute Gasteiger partial charge is 0.449 e. The first-order valence-corrected chi connectivity index (χ1v) is 15.3. The van der Waals surface area contributed by atoms with Crippen LogP contribution in [0.1, 0.15) is 55.6 Å². The van der Waals surface area contributed by atoms with E-state index in [1.165, 1.54) is 11.8 Å². The summed E-state index contributed by atoms with van der Waals surface area (Å²) in [6.07, 6.45) is 2.80. The molecule has 0 bridgehead atoms. The molecule has 3 fully saturated rings. The van der Waals surface area contributed by atoms with Crippen LogP contribution >= 0.6 is 11.8 Å². The van der Waals surface area contributed by atoms with Gasteiger partial charge in [-0.3, -0.25) is 14.4 Å². The van der Waals surface area contributed by atoms with Crippen molar-refractivity contribution < 1.29 is 23.9 Å². The van der Waals surface area contributed by atoms with Crippen LogP contribution in [0.2, 0.25) is 0 Å². The molecule has 2 N–H and O–H groups in total. The Morgan fingerprint density at radius 3 is 2.41 bits per heavy atom. The number of thioether (sulfide) groups is 1. The molecular weight excluding hydrogens is 540 g/mol. The molecule has 2 saturated heterocycles. The van der Waals surface area contributed by atoms with Crippen molar-refractivity contribution in [1.29, 1.82) is 5.26 Å². The third-order valence-electron chi connectivity index (χ3n) is 8.71. The second-order valence-corrected chi connectivity index (χ2v) is 12.3. The molecule has 2 aliphatic heterocycles. The number of nitrogens with zero attached hydrogens (tertiary/aromatic N) is 2. The lowest BCUT2D eigenvalue weighted by Gasteiger charge is -2.37. The van der Waals surface area contributed by atoms with Gasteiger partial charge in [0.1, 0.15) is 30.5 Å². The van der Waals surface area contributed by atoms with E-state index in [0.29, 0.717) is 31.4 Å². The van der Waals surface area contributed by atoms with E-state index in [4.69, 9.17) is 4.74 Å². The molecular formula is C31H32N4O5S. The zero-order valence-electron chi connectivity index (χ0n) is 22.6. The van der Waals surface area contributed by atoms with Gasteiger partial charge in [0, 0.05) is 24.0 Å². The first-order valence-electron chi connectivity index (χ1n) is 14.2. The molecule has 0 spiro atoms. The highest BCUT2D eigenvalue weighted by Gasteiger charge is 2.47. The van der Waals surface area contributed by atoms with Gasteiger partial charge in [-0.05, 0) is 54.4 Å². The molecule has 10 heteroatoms. The third kappa shape index (κ3) is 5.31. The number of hydrogen-bond donors (Lipinski definition) is 2. The second kappa shape index (κ2) is 11.6. The summed E-state index contributed by atoms with van der Waals surface area (Å²) in [4.78, 5) is 53.1. The quantitative estimate of drug-likeness (QED) is 0.517. The second-order valence-electron chi connectivity index (χ2n) is 11.1. The van der Waals surface area contributed by atoms with Crippen molar-refractivity contribution in [2.75, 3.05) is 12.4 Å². The van der Waals surface area contributed by atoms with E-state index < -0.39 is 30.1 Å². The van der Waals surface area contributed by atoms with Gasteiger partial charge in [0.05, 0.1) is 11.4 Å². The van der Waals surface area contributed by atoms with E-state index in [0.717, 1.165) is 35.1 Å². The SMILES string of the molecule is N#C[C@H](C[C@@H]1CCCC1=O)NC(=O)[C@@H]1CS[C@H]2CC[C@H](NC(=O)OCC3c4ccccc4-c4ccccc43)C(=O)N21. The summed E-state index contributed by atoms with van der Waals surface area (Å²) < 4.78 is 5.65. The maximum absolute atomic E-state index is 13.5. The van der Waals surface area contributed by atoms with Crippen LogP contribution in [0.3, 0.4) is 0 Å². The molecule has 0 aromatic heterocycles. The smallest absolute Gasteiger partial charge is 0.407 e. The van der Waals surface area contributed by atoms with E-state index in [2.05, 4.69) is 28.8 Å². The molecule has 2 heterocycles. The summed E-state index contributed by atoms with van der Waals surface area (Å²) >= 11 is 1.53. The first-order chi connectivity index (χ1) is 19.9. The standard InChI is InChI=1S/C31H32N4O5S/c32-15-19(14-18-6-5-11-27(18)36)33-29(37)26-17-41-28-13-12-25(30(38)35(26)28)34-31(39)40-16-24-22-9-3-1-7-20(22)21-8-2-4-10-23(21)24/h1-4,7-10,18-19,24-26,28H,5-6,11-14,16-17H2,(H,33,37)(H,34,39)/t18-,19-,25-,26-,28-/m0/s1.